The summed E-state index contributed by atoms with van der Waals surface area (Å²) < 4.78 is 5.64. The van der Waals surface area contributed by atoms with Crippen LogP contribution in [0.3, 0.4) is 0 Å². The first-order valence-electron chi connectivity index (χ1n) is 6.26. The van der Waals surface area contributed by atoms with Crippen LogP contribution in [0.2, 0.25) is 0 Å². The van der Waals surface area contributed by atoms with Gasteiger partial charge in [-0.25, -0.2) is 0 Å². The van der Waals surface area contributed by atoms with Crippen molar-refractivity contribution in [1.82, 2.24) is 4.90 Å². The van der Waals surface area contributed by atoms with Gasteiger partial charge in [0.1, 0.15) is 0 Å². The van der Waals surface area contributed by atoms with Crippen LogP contribution in [0.4, 0.5) is 0 Å². The lowest BCUT2D eigenvalue weighted by Gasteiger charge is -2.39. The molecular weight excluding hydrogens is 204 g/mol. The molecule has 0 aromatic heterocycles. The van der Waals surface area contributed by atoms with Gasteiger partial charge >= 0.3 is 0 Å². The number of nitrogens with zero attached hydrogens (tertiary/aromatic N) is 1. The number of ether oxygens (including phenoxy) is 1. The van der Waals surface area contributed by atoms with E-state index in [2.05, 4.69) is 18.7 Å². The van der Waals surface area contributed by atoms with Crippen LogP contribution in [0.25, 0.3) is 0 Å². The van der Waals surface area contributed by atoms with Crippen molar-refractivity contribution in [2.45, 2.75) is 51.4 Å². The second-order valence-corrected chi connectivity index (χ2v) is 5.15. The van der Waals surface area contributed by atoms with Crippen LogP contribution >= 0.6 is 0 Å². The molecule has 1 saturated heterocycles. The summed E-state index contributed by atoms with van der Waals surface area (Å²) in [7, 11) is 0. The first-order chi connectivity index (χ1) is 7.48. The van der Waals surface area contributed by atoms with Crippen molar-refractivity contribution >= 4 is 0 Å². The van der Waals surface area contributed by atoms with E-state index in [1.165, 1.54) is 0 Å². The molecule has 0 aromatic rings. The molecule has 1 heterocycles. The van der Waals surface area contributed by atoms with Gasteiger partial charge in [-0.3, -0.25) is 4.90 Å². The standard InChI is InChI=1S/C12H26N2O2/c1-4-11-8-14(5-6-16-11)10(2)7-12(3,15)9-13/h10-11,15H,4-9,13H2,1-3H3. The first kappa shape index (κ1) is 13.9. The second-order valence-electron chi connectivity index (χ2n) is 5.15. The van der Waals surface area contributed by atoms with E-state index in [0.717, 1.165) is 32.5 Å². The lowest BCUT2D eigenvalue weighted by atomic mass is 9.96. The van der Waals surface area contributed by atoms with Crippen molar-refractivity contribution in [3.8, 4) is 0 Å². The summed E-state index contributed by atoms with van der Waals surface area (Å²) in [6.45, 7) is 9.15. The fourth-order valence-corrected chi connectivity index (χ4v) is 2.24. The summed E-state index contributed by atoms with van der Waals surface area (Å²) in [6, 6.07) is 0.358. The smallest absolute Gasteiger partial charge is 0.0756 e. The molecule has 0 bridgehead atoms. The van der Waals surface area contributed by atoms with Gasteiger partial charge in [-0.2, -0.15) is 0 Å². The molecule has 16 heavy (non-hydrogen) atoms. The Morgan fingerprint density at radius 1 is 1.62 bits per heavy atom. The number of hydrogen-bond donors (Lipinski definition) is 2. The molecule has 3 N–H and O–H groups in total. The van der Waals surface area contributed by atoms with Crippen LogP contribution in [-0.4, -0.2) is 54.0 Å². The molecule has 1 rings (SSSR count). The Labute approximate surface area is 98.8 Å². The highest BCUT2D eigenvalue weighted by atomic mass is 16.5. The molecular formula is C12H26N2O2. The topological polar surface area (TPSA) is 58.7 Å². The molecule has 0 aliphatic carbocycles. The molecule has 0 spiro atoms. The molecule has 3 atom stereocenters. The van der Waals surface area contributed by atoms with E-state index in [-0.39, 0.29) is 0 Å². The van der Waals surface area contributed by atoms with Crippen molar-refractivity contribution < 1.29 is 9.84 Å². The molecule has 0 aromatic carbocycles. The Bertz CT molecular complexity index is 209. The minimum Gasteiger partial charge on any atom is -0.389 e. The molecule has 0 amide bonds. The van der Waals surface area contributed by atoms with Gasteiger partial charge in [0.15, 0.2) is 0 Å². The third-order valence-corrected chi connectivity index (χ3v) is 3.42. The fraction of sp³-hybridized carbons (Fsp3) is 1.00. The van der Waals surface area contributed by atoms with Crippen molar-refractivity contribution in [3.05, 3.63) is 0 Å². The molecule has 3 unspecified atom stereocenters. The predicted molar refractivity (Wildman–Crippen MR) is 65.4 cm³/mol. The van der Waals surface area contributed by atoms with E-state index in [9.17, 15) is 5.11 Å². The van der Waals surface area contributed by atoms with Crippen molar-refractivity contribution in [2.24, 2.45) is 5.73 Å². The predicted octanol–water partition coefficient (Wildman–Crippen LogP) is 0.586. The maximum absolute atomic E-state index is 9.96. The number of nitrogens with two attached hydrogens (primary N) is 1. The molecule has 1 fully saturated rings. The largest absolute Gasteiger partial charge is 0.389 e. The Morgan fingerprint density at radius 3 is 2.88 bits per heavy atom. The quantitative estimate of drug-likeness (QED) is 0.725. The molecule has 1 aliphatic rings. The summed E-state index contributed by atoms with van der Waals surface area (Å²) in [6.07, 6.45) is 2.12. The molecule has 4 nitrogen and oxygen atoms in total. The first-order valence-corrected chi connectivity index (χ1v) is 6.26. The second kappa shape index (κ2) is 5.96. The van der Waals surface area contributed by atoms with Gasteiger partial charge in [0, 0.05) is 25.7 Å². The molecule has 4 heteroatoms. The minimum absolute atomic E-state index is 0.318. The number of aliphatic hydroxyl groups is 1. The average Bonchev–Trinajstić information content (AvgIpc) is 2.28. The Balaban J connectivity index is 2.44. The summed E-state index contributed by atoms with van der Waals surface area (Å²) in [5.74, 6) is 0. The number of hydrogen-bond acceptors (Lipinski definition) is 4. The zero-order valence-electron chi connectivity index (χ0n) is 10.8. The number of rotatable bonds is 5. The van der Waals surface area contributed by atoms with Gasteiger partial charge in [0.2, 0.25) is 0 Å². The summed E-state index contributed by atoms with van der Waals surface area (Å²) >= 11 is 0. The maximum Gasteiger partial charge on any atom is 0.0756 e. The highest BCUT2D eigenvalue weighted by Gasteiger charge is 2.28. The van der Waals surface area contributed by atoms with Crippen LogP contribution < -0.4 is 5.73 Å². The normalized spacial score (nSPS) is 28.7. The van der Waals surface area contributed by atoms with Gasteiger partial charge < -0.3 is 15.6 Å². The van der Waals surface area contributed by atoms with E-state index in [1.807, 2.05) is 0 Å². The molecule has 96 valence electrons. The maximum atomic E-state index is 9.96. The van der Waals surface area contributed by atoms with Gasteiger partial charge in [-0.1, -0.05) is 6.92 Å². The third-order valence-electron chi connectivity index (χ3n) is 3.42. The van der Waals surface area contributed by atoms with Crippen LogP contribution in [0.1, 0.15) is 33.6 Å². The Kier molecular flexibility index (Phi) is 5.18. The Hall–Kier alpha value is -0.160. The highest BCUT2D eigenvalue weighted by molar-refractivity contribution is 4.83. The van der Waals surface area contributed by atoms with E-state index < -0.39 is 5.60 Å². The van der Waals surface area contributed by atoms with Gasteiger partial charge in [-0.15, -0.1) is 0 Å². The van der Waals surface area contributed by atoms with Crippen molar-refractivity contribution in [1.29, 1.82) is 0 Å². The zero-order valence-corrected chi connectivity index (χ0v) is 10.8. The summed E-state index contributed by atoms with van der Waals surface area (Å²) in [5, 5.41) is 9.96. The van der Waals surface area contributed by atoms with E-state index in [4.69, 9.17) is 10.5 Å². The molecule has 0 saturated carbocycles. The highest BCUT2D eigenvalue weighted by Crippen LogP contribution is 2.18. The third kappa shape index (κ3) is 4.01. The summed E-state index contributed by atoms with van der Waals surface area (Å²) in [4.78, 5) is 2.39. The van der Waals surface area contributed by atoms with Crippen LogP contribution in [0.15, 0.2) is 0 Å². The monoisotopic (exact) mass is 230 g/mol. The van der Waals surface area contributed by atoms with E-state index in [0.29, 0.717) is 18.7 Å². The lowest BCUT2D eigenvalue weighted by molar-refractivity contribution is -0.0556. The van der Waals surface area contributed by atoms with E-state index in [1.54, 1.807) is 6.92 Å². The Morgan fingerprint density at radius 2 is 2.31 bits per heavy atom. The lowest BCUT2D eigenvalue weighted by Crippen LogP contribution is -2.49. The SMILES string of the molecule is CCC1CN(C(C)CC(C)(O)CN)CCO1. The number of morpholine rings is 1. The fourth-order valence-electron chi connectivity index (χ4n) is 2.24. The van der Waals surface area contributed by atoms with E-state index >= 15 is 0 Å². The van der Waals surface area contributed by atoms with Gasteiger partial charge in [0.05, 0.1) is 18.3 Å². The van der Waals surface area contributed by atoms with Crippen LogP contribution in [0.5, 0.6) is 0 Å². The molecule has 1 aliphatic heterocycles. The average molecular weight is 230 g/mol. The molecule has 0 radical (unpaired) electrons. The minimum atomic E-state index is -0.751. The van der Waals surface area contributed by atoms with Gasteiger partial charge in [-0.05, 0) is 26.7 Å². The zero-order chi connectivity index (χ0) is 12.2. The van der Waals surface area contributed by atoms with Crippen LogP contribution in [0, 0.1) is 0 Å². The van der Waals surface area contributed by atoms with Crippen molar-refractivity contribution in [2.75, 3.05) is 26.2 Å². The van der Waals surface area contributed by atoms with Crippen LogP contribution in [-0.2, 0) is 4.74 Å². The summed E-state index contributed by atoms with van der Waals surface area (Å²) in [5.41, 5.74) is 4.79. The van der Waals surface area contributed by atoms with Gasteiger partial charge in [0.25, 0.3) is 0 Å². The van der Waals surface area contributed by atoms with Crippen molar-refractivity contribution in [3.63, 3.8) is 0 Å².